The molecule has 0 bridgehead atoms. The van der Waals surface area contributed by atoms with Crippen molar-refractivity contribution in [3.05, 3.63) is 70.3 Å². The maximum atomic E-state index is 14.1. The zero-order chi connectivity index (χ0) is 32.8. The number of aliphatic hydroxyl groups excluding tert-OH is 1. The van der Waals surface area contributed by atoms with E-state index in [1.807, 2.05) is 27.7 Å². The summed E-state index contributed by atoms with van der Waals surface area (Å²) in [6.45, 7) is 11.5. The standard InChI is InChI=1S/C33H47F2N3O5S/c1-7-9-38(10-8-2)33(42)25-14-22(5)13-24(18-25)31(40)37-28(17-23-15-26(34)19-27(35)16-23)29(39)30(44-12-11-43-6)32(41)36-20-21(3)4/h13-16,18-19,21,28-30,39H,7-12,17,20H2,1-6H3,(H,36,41)(H,37,40)/t28-,29+,30+/m0/s1. The number of ether oxygens (including phenoxy) is 1. The van der Waals surface area contributed by atoms with Crippen LogP contribution in [-0.4, -0.2) is 84.2 Å². The van der Waals surface area contributed by atoms with E-state index in [0.29, 0.717) is 43.1 Å². The summed E-state index contributed by atoms with van der Waals surface area (Å²) in [5.41, 5.74) is 1.45. The van der Waals surface area contributed by atoms with E-state index in [1.165, 1.54) is 24.9 Å². The zero-order valence-electron chi connectivity index (χ0n) is 26.6. The van der Waals surface area contributed by atoms with Gasteiger partial charge >= 0.3 is 0 Å². The number of aliphatic hydroxyl groups is 1. The van der Waals surface area contributed by atoms with Gasteiger partial charge in [0.1, 0.15) is 16.9 Å². The largest absolute Gasteiger partial charge is 0.389 e. The van der Waals surface area contributed by atoms with Gasteiger partial charge in [-0.3, -0.25) is 14.4 Å². The Morgan fingerprint density at radius 1 is 0.977 bits per heavy atom. The van der Waals surface area contributed by atoms with Crippen molar-refractivity contribution in [2.45, 2.75) is 71.3 Å². The molecule has 2 rings (SSSR count). The normalized spacial score (nSPS) is 13.3. The highest BCUT2D eigenvalue weighted by molar-refractivity contribution is 8.00. The number of thioether (sulfide) groups is 1. The van der Waals surface area contributed by atoms with Crippen molar-refractivity contribution in [3.8, 4) is 0 Å². The van der Waals surface area contributed by atoms with E-state index in [1.54, 1.807) is 24.0 Å². The Hall–Kier alpha value is -3.02. The predicted octanol–water partition coefficient (Wildman–Crippen LogP) is 4.76. The minimum Gasteiger partial charge on any atom is -0.389 e. The van der Waals surface area contributed by atoms with Crippen LogP contribution in [0.4, 0.5) is 8.78 Å². The zero-order valence-corrected chi connectivity index (χ0v) is 27.4. The smallest absolute Gasteiger partial charge is 0.253 e. The molecule has 0 saturated carbocycles. The topological polar surface area (TPSA) is 108 Å². The summed E-state index contributed by atoms with van der Waals surface area (Å²) in [5, 5.41) is 16.2. The van der Waals surface area contributed by atoms with Gasteiger partial charge in [-0.15, -0.1) is 11.8 Å². The van der Waals surface area contributed by atoms with Crippen molar-refractivity contribution in [1.29, 1.82) is 0 Å². The fraction of sp³-hybridized carbons (Fsp3) is 0.545. The highest BCUT2D eigenvalue weighted by Crippen LogP contribution is 2.22. The van der Waals surface area contributed by atoms with E-state index >= 15 is 0 Å². The number of amides is 3. The van der Waals surface area contributed by atoms with Crippen LogP contribution in [0.3, 0.4) is 0 Å². The number of benzene rings is 2. The third kappa shape index (κ3) is 11.8. The number of nitrogens with zero attached hydrogens (tertiary/aromatic N) is 1. The summed E-state index contributed by atoms with van der Waals surface area (Å²) >= 11 is 1.17. The van der Waals surface area contributed by atoms with Crippen molar-refractivity contribution in [1.82, 2.24) is 15.5 Å². The number of rotatable bonds is 18. The van der Waals surface area contributed by atoms with E-state index in [4.69, 9.17) is 4.74 Å². The molecular weight excluding hydrogens is 588 g/mol. The first-order valence-corrected chi connectivity index (χ1v) is 16.2. The van der Waals surface area contributed by atoms with Crippen LogP contribution in [0.25, 0.3) is 0 Å². The van der Waals surface area contributed by atoms with Crippen molar-refractivity contribution < 1.29 is 33.0 Å². The van der Waals surface area contributed by atoms with E-state index in [-0.39, 0.29) is 29.4 Å². The number of hydrogen-bond acceptors (Lipinski definition) is 6. The number of nitrogens with one attached hydrogen (secondary N) is 2. The lowest BCUT2D eigenvalue weighted by Crippen LogP contribution is -2.53. The molecule has 3 amide bonds. The molecule has 0 aromatic heterocycles. The first-order chi connectivity index (χ1) is 20.9. The molecule has 0 aliphatic heterocycles. The number of aryl methyl sites for hydroxylation is 1. The van der Waals surface area contributed by atoms with Crippen molar-refractivity contribution in [3.63, 3.8) is 0 Å². The van der Waals surface area contributed by atoms with E-state index in [0.717, 1.165) is 31.0 Å². The molecule has 0 spiro atoms. The summed E-state index contributed by atoms with van der Waals surface area (Å²) in [5.74, 6) is -2.25. The molecule has 0 aliphatic carbocycles. The van der Waals surface area contributed by atoms with E-state index in [2.05, 4.69) is 10.6 Å². The van der Waals surface area contributed by atoms with Crippen molar-refractivity contribution >= 4 is 29.5 Å². The van der Waals surface area contributed by atoms with Gasteiger partial charge < -0.3 is 25.4 Å². The second kappa shape index (κ2) is 18.7. The monoisotopic (exact) mass is 635 g/mol. The third-order valence-corrected chi connectivity index (χ3v) is 8.06. The second-order valence-corrected chi connectivity index (χ2v) is 12.6. The molecule has 3 N–H and O–H groups in total. The highest BCUT2D eigenvalue weighted by atomic mass is 32.2. The molecule has 0 heterocycles. The number of hydrogen-bond donors (Lipinski definition) is 3. The molecule has 3 atom stereocenters. The number of methoxy groups -OCH3 is 1. The maximum absolute atomic E-state index is 14.1. The fourth-order valence-electron chi connectivity index (χ4n) is 4.77. The number of carbonyl (C=O) groups excluding carboxylic acids is 3. The van der Waals surface area contributed by atoms with Crippen LogP contribution in [-0.2, 0) is 16.0 Å². The first-order valence-electron chi connectivity index (χ1n) is 15.1. The molecular formula is C33H47F2N3O5S. The average molecular weight is 636 g/mol. The fourth-order valence-corrected chi connectivity index (χ4v) is 5.91. The van der Waals surface area contributed by atoms with Gasteiger partial charge in [0.2, 0.25) is 5.91 Å². The summed E-state index contributed by atoms with van der Waals surface area (Å²) < 4.78 is 33.3. The van der Waals surface area contributed by atoms with Gasteiger partial charge in [-0.2, -0.15) is 0 Å². The minimum absolute atomic E-state index is 0.154. The van der Waals surface area contributed by atoms with Gasteiger partial charge in [-0.25, -0.2) is 8.78 Å². The number of halogens is 2. The molecule has 244 valence electrons. The van der Waals surface area contributed by atoms with Crippen LogP contribution < -0.4 is 10.6 Å². The molecule has 8 nitrogen and oxygen atoms in total. The maximum Gasteiger partial charge on any atom is 0.253 e. The SMILES string of the molecule is CCCN(CCC)C(=O)c1cc(C)cc(C(=O)N[C@@H](Cc2cc(F)cc(F)c2)[C@@H](O)[C@@H](SCCOC)C(=O)NCC(C)C)c1. The van der Waals surface area contributed by atoms with E-state index < -0.39 is 40.8 Å². The third-order valence-electron chi connectivity index (χ3n) is 6.81. The average Bonchev–Trinajstić information content (AvgIpc) is 2.96. The Bertz CT molecular complexity index is 1220. The van der Waals surface area contributed by atoms with E-state index in [9.17, 15) is 28.3 Å². The van der Waals surface area contributed by atoms with Gasteiger partial charge in [-0.05, 0) is 73.6 Å². The second-order valence-electron chi connectivity index (χ2n) is 11.4. The van der Waals surface area contributed by atoms with Crippen LogP contribution in [0, 0.1) is 24.5 Å². The molecule has 0 radical (unpaired) electrons. The first kappa shape index (κ1) is 37.2. The molecule has 0 aliphatic rings. The Morgan fingerprint density at radius 2 is 1.59 bits per heavy atom. The predicted molar refractivity (Wildman–Crippen MR) is 171 cm³/mol. The quantitative estimate of drug-likeness (QED) is 0.204. The highest BCUT2D eigenvalue weighted by Gasteiger charge is 2.35. The molecule has 2 aromatic rings. The Kier molecular flexibility index (Phi) is 15.8. The van der Waals surface area contributed by atoms with Crippen LogP contribution in [0.5, 0.6) is 0 Å². The lowest BCUT2D eigenvalue weighted by molar-refractivity contribution is -0.122. The molecule has 0 fully saturated rings. The van der Waals surface area contributed by atoms with Crippen LogP contribution in [0.15, 0.2) is 36.4 Å². The van der Waals surface area contributed by atoms with Gasteiger partial charge in [-0.1, -0.05) is 27.7 Å². The molecule has 11 heteroatoms. The lowest BCUT2D eigenvalue weighted by atomic mass is 9.97. The van der Waals surface area contributed by atoms with Crippen molar-refractivity contribution in [2.75, 3.05) is 39.1 Å². The van der Waals surface area contributed by atoms with Gasteiger partial charge in [0.25, 0.3) is 11.8 Å². The number of carbonyl (C=O) groups is 3. The van der Waals surface area contributed by atoms with Crippen LogP contribution in [0.2, 0.25) is 0 Å². The summed E-state index contributed by atoms with van der Waals surface area (Å²) in [6.07, 6.45) is -0.00713. The molecule has 0 saturated heterocycles. The molecule has 44 heavy (non-hydrogen) atoms. The van der Waals surface area contributed by atoms with Gasteiger partial charge in [0.05, 0.1) is 18.8 Å². The van der Waals surface area contributed by atoms with Gasteiger partial charge in [0.15, 0.2) is 0 Å². The summed E-state index contributed by atoms with van der Waals surface area (Å²) in [6, 6.07) is 6.74. The van der Waals surface area contributed by atoms with Gasteiger partial charge in [0, 0.05) is 49.7 Å². The Morgan fingerprint density at radius 3 is 2.16 bits per heavy atom. The Labute approximate surface area is 264 Å². The Balaban J connectivity index is 2.46. The summed E-state index contributed by atoms with van der Waals surface area (Å²) in [7, 11) is 1.52. The van der Waals surface area contributed by atoms with Crippen LogP contribution in [0.1, 0.15) is 72.4 Å². The van der Waals surface area contributed by atoms with Crippen LogP contribution >= 0.6 is 11.8 Å². The summed E-state index contributed by atoms with van der Waals surface area (Å²) in [4.78, 5) is 42.0. The molecule has 0 unspecified atom stereocenters. The van der Waals surface area contributed by atoms with Crippen molar-refractivity contribution in [2.24, 2.45) is 5.92 Å². The molecule has 2 aromatic carbocycles. The lowest BCUT2D eigenvalue weighted by Gasteiger charge is -2.30. The minimum atomic E-state index is -1.44.